The molecule has 0 aliphatic carbocycles. The Morgan fingerprint density at radius 2 is 1.86 bits per heavy atom. The van der Waals surface area contributed by atoms with Gasteiger partial charge in [-0.3, -0.25) is 14.6 Å². The monoisotopic (exact) mass is 297 g/mol. The SMILES string of the molecule is CN(C)C(=O)[C@H](Cc1ccccc1)NC(=O)c1cccnc1. The maximum Gasteiger partial charge on any atom is 0.253 e. The first-order chi connectivity index (χ1) is 10.6. The smallest absolute Gasteiger partial charge is 0.253 e. The van der Waals surface area contributed by atoms with Gasteiger partial charge in [0.05, 0.1) is 5.56 Å². The van der Waals surface area contributed by atoms with Crippen LogP contribution in [0.2, 0.25) is 0 Å². The van der Waals surface area contributed by atoms with Crippen LogP contribution in [0.15, 0.2) is 54.9 Å². The molecule has 0 aliphatic heterocycles. The van der Waals surface area contributed by atoms with Gasteiger partial charge in [0.25, 0.3) is 5.91 Å². The van der Waals surface area contributed by atoms with Gasteiger partial charge in [0, 0.05) is 32.9 Å². The minimum Gasteiger partial charge on any atom is -0.347 e. The van der Waals surface area contributed by atoms with Gasteiger partial charge in [-0.05, 0) is 17.7 Å². The van der Waals surface area contributed by atoms with Gasteiger partial charge in [0.2, 0.25) is 5.91 Å². The molecule has 0 aliphatic rings. The van der Waals surface area contributed by atoms with Crippen LogP contribution in [0.1, 0.15) is 15.9 Å². The minimum atomic E-state index is -0.606. The number of amides is 2. The fourth-order valence-electron chi connectivity index (χ4n) is 2.10. The Morgan fingerprint density at radius 3 is 2.45 bits per heavy atom. The lowest BCUT2D eigenvalue weighted by Crippen LogP contribution is -2.47. The number of carbonyl (C=O) groups excluding carboxylic acids is 2. The van der Waals surface area contributed by atoms with Gasteiger partial charge in [-0.2, -0.15) is 0 Å². The van der Waals surface area contributed by atoms with Crippen LogP contribution < -0.4 is 5.32 Å². The molecular formula is C17H19N3O2. The van der Waals surface area contributed by atoms with Crippen LogP contribution in [0, 0.1) is 0 Å². The van der Waals surface area contributed by atoms with E-state index in [2.05, 4.69) is 10.3 Å². The zero-order valence-corrected chi connectivity index (χ0v) is 12.7. The normalized spacial score (nSPS) is 11.5. The molecule has 1 aromatic heterocycles. The number of nitrogens with one attached hydrogen (secondary N) is 1. The summed E-state index contributed by atoms with van der Waals surface area (Å²) in [4.78, 5) is 30.0. The number of aromatic nitrogens is 1. The average molecular weight is 297 g/mol. The van der Waals surface area contributed by atoms with Crippen LogP contribution in [0.5, 0.6) is 0 Å². The molecule has 1 atom stereocenters. The zero-order chi connectivity index (χ0) is 15.9. The summed E-state index contributed by atoms with van der Waals surface area (Å²) in [5.41, 5.74) is 1.43. The highest BCUT2D eigenvalue weighted by atomic mass is 16.2. The van der Waals surface area contributed by atoms with Crippen molar-refractivity contribution in [3.05, 3.63) is 66.0 Å². The van der Waals surface area contributed by atoms with Gasteiger partial charge >= 0.3 is 0 Å². The number of hydrogen-bond acceptors (Lipinski definition) is 3. The number of benzene rings is 1. The molecular weight excluding hydrogens is 278 g/mol. The van der Waals surface area contributed by atoms with Gasteiger partial charge in [-0.15, -0.1) is 0 Å². The number of likely N-dealkylation sites (N-methyl/N-ethyl adjacent to an activating group) is 1. The lowest BCUT2D eigenvalue weighted by atomic mass is 10.0. The van der Waals surface area contributed by atoms with Gasteiger partial charge in [0.15, 0.2) is 0 Å². The molecule has 22 heavy (non-hydrogen) atoms. The predicted molar refractivity (Wildman–Crippen MR) is 84.3 cm³/mol. The molecule has 0 fully saturated rings. The second kappa shape index (κ2) is 7.36. The first-order valence-corrected chi connectivity index (χ1v) is 7.04. The van der Waals surface area contributed by atoms with Crippen molar-refractivity contribution in [1.29, 1.82) is 0 Å². The fourth-order valence-corrected chi connectivity index (χ4v) is 2.10. The number of pyridine rings is 1. The molecule has 0 spiro atoms. The highest BCUT2D eigenvalue weighted by Crippen LogP contribution is 2.06. The number of hydrogen-bond donors (Lipinski definition) is 1. The van der Waals surface area contributed by atoms with E-state index in [1.807, 2.05) is 30.3 Å². The molecule has 0 radical (unpaired) electrons. The summed E-state index contributed by atoms with van der Waals surface area (Å²) in [7, 11) is 3.35. The number of carbonyl (C=O) groups is 2. The topological polar surface area (TPSA) is 62.3 Å². The molecule has 5 heteroatoms. The summed E-state index contributed by atoms with van der Waals surface area (Å²) in [5, 5.41) is 2.79. The van der Waals surface area contributed by atoms with Crippen LogP contribution in [0.4, 0.5) is 0 Å². The largest absolute Gasteiger partial charge is 0.347 e. The lowest BCUT2D eigenvalue weighted by molar-refractivity contribution is -0.130. The van der Waals surface area contributed by atoms with Crippen LogP contribution in [0.25, 0.3) is 0 Å². The molecule has 2 aromatic rings. The van der Waals surface area contributed by atoms with E-state index in [1.165, 1.54) is 11.1 Å². The fraction of sp³-hybridized carbons (Fsp3) is 0.235. The molecule has 0 bridgehead atoms. The zero-order valence-electron chi connectivity index (χ0n) is 12.7. The van der Waals surface area contributed by atoms with E-state index >= 15 is 0 Å². The molecule has 2 rings (SSSR count). The van der Waals surface area contributed by atoms with E-state index in [4.69, 9.17) is 0 Å². The number of nitrogens with zero attached hydrogens (tertiary/aromatic N) is 2. The van der Waals surface area contributed by atoms with Crippen LogP contribution in [0.3, 0.4) is 0 Å². The quantitative estimate of drug-likeness (QED) is 0.910. The van der Waals surface area contributed by atoms with E-state index in [-0.39, 0.29) is 11.8 Å². The van der Waals surface area contributed by atoms with Crippen molar-refractivity contribution in [1.82, 2.24) is 15.2 Å². The number of rotatable bonds is 5. The average Bonchev–Trinajstić information content (AvgIpc) is 2.55. The van der Waals surface area contributed by atoms with E-state index in [9.17, 15) is 9.59 Å². The highest BCUT2D eigenvalue weighted by Gasteiger charge is 2.23. The van der Waals surface area contributed by atoms with E-state index < -0.39 is 6.04 Å². The second-order valence-corrected chi connectivity index (χ2v) is 5.19. The van der Waals surface area contributed by atoms with E-state index in [1.54, 1.807) is 32.4 Å². The predicted octanol–water partition coefficient (Wildman–Crippen LogP) is 1.51. The first-order valence-electron chi connectivity index (χ1n) is 7.04. The van der Waals surface area contributed by atoms with Crippen molar-refractivity contribution in [2.24, 2.45) is 0 Å². The third-order valence-electron chi connectivity index (χ3n) is 3.25. The minimum absolute atomic E-state index is 0.138. The van der Waals surface area contributed by atoms with Crippen molar-refractivity contribution in [3.63, 3.8) is 0 Å². The van der Waals surface area contributed by atoms with Crippen molar-refractivity contribution >= 4 is 11.8 Å². The van der Waals surface area contributed by atoms with Gasteiger partial charge in [-0.1, -0.05) is 30.3 Å². The summed E-state index contributed by atoms with van der Waals surface area (Å²) in [6.07, 6.45) is 3.53. The lowest BCUT2D eigenvalue weighted by Gasteiger charge is -2.22. The summed E-state index contributed by atoms with van der Waals surface area (Å²) in [6.45, 7) is 0. The van der Waals surface area contributed by atoms with Crippen molar-refractivity contribution in [2.75, 3.05) is 14.1 Å². The Hall–Kier alpha value is -2.69. The molecule has 1 heterocycles. The van der Waals surface area contributed by atoms with Gasteiger partial charge in [0.1, 0.15) is 6.04 Å². The molecule has 0 saturated heterocycles. The standard InChI is InChI=1S/C17H19N3O2/c1-20(2)17(22)15(11-13-7-4-3-5-8-13)19-16(21)14-9-6-10-18-12-14/h3-10,12,15H,11H2,1-2H3,(H,19,21)/t15-/m0/s1. The third kappa shape index (κ3) is 4.15. The molecule has 5 nitrogen and oxygen atoms in total. The second-order valence-electron chi connectivity index (χ2n) is 5.19. The van der Waals surface area contributed by atoms with E-state index in [0.717, 1.165) is 5.56 Å². The summed E-state index contributed by atoms with van der Waals surface area (Å²) >= 11 is 0. The Morgan fingerprint density at radius 1 is 1.14 bits per heavy atom. The van der Waals surface area contributed by atoms with Crippen LogP contribution in [-0.4, -0.2) is 41.8 Å². The Bertz CT molecular complexity index is 627. The summed E-state index contributed by atoms with van der Waals surface area (Å²) in [5.74, 6) is -0.440. The summed E-state index contributed by atoms with van der Waals surface area (Å²) < 4.78 is 0. The summed E-state index contributed by atoms with van der Waals surface area (Å²) in [6, 6.07) is 12.4. The van der Waals surface area contributed by atoms with Crippen LogP contribution >= 0.6 is 0 Å². The maximum atomic E-state index is 12.3. The van der Waals surface area contributed by atoms with Gasteiger partial charge < -0.3 is 10.2 Å². The van der Waals surface area contributed by atoms with Crippen molar-refractivity contribution in [3.8, 4) is 0 Å². The van der Waals surface area contributed by atoms with E-state index in [0.29, 0.717) is 12.0 Å². The molecule has 0 unspecified atom stereocenters. The van der Waals surface area contributed by atoms with Crippen LogP contribution in [-0.2, 0) is 11.2 Å². The molecule has 1 aromatic carbocycles. The Labute approximate surface area is 130 Å². The molecule has 114 valence electrons. The maximum absolute atomic E-state index is 12.3. The Kier molecular flexibility index (Phi) is 5.25. The molecule has 2 amide bonds. The third-order valence-corrected chi connectivity index (χ3v) is 3.25. The molecule has 0 saturated carbocycles. The first kappa shape index (κ1) is 15.7. The van der Waals surface area contributed by atoms with Crippen molar-refractivity contribution < 1.29 is 9.59 Å². The Balaban J connectivity index is 2.14. The van der Waals surface area contributed by atoms with Gasteiger partial charge in [-0.25, -0.2) is 0 Å². The molecule has 1 N–H and O–H groups in total. The highest BCUT2D eigenvalue weighted by molar-refractivity contribution is 5.97. The van der Waals surface area contributed by atoms with Crippen molar-refractivity contribution in [2.45, 2.75) is 12.5 Å².